The van der Waals surface area contributed by atoms with Gasteiger partial charge in [0.2, 0.25) is 11.6 Å². The van der Waals surface area contributed by atoms with Crippen LogP contribution in [0.25, 0.3) is 5.57 Å². The number of amides is 1. The van der Waals surface area contributed by atoms with Crippen LogP contribution in [0.15, 0.2) is 55.1 Å². The number of para-hydroxylation sites is 1. The van der Waals surface area contributed by atoms with Gasteiger partial charge in [-0.1, -0.05) is 109 Å². The van der Waals surface area contributed by atoms with E-state index >= 15 is 0 Å². The predicted octanol–water partition coefficient (Wildman–Crippen LogP) is 8.08. The van der Waals surface area contributed by atoms with Crippen molar-refractivity contribution in [3.05, 3.63) is 71.8 Å². The summed E-state index contributed by atoms with van der Waals surface area (Å²) in [7, 11) is 0. The summed E-state index contributed by atoms with van der Waals surface area (Å²) in [5, 5.41) is 0. The van der Waals surface area contributed by atoms with Crippen LogP contribution in [0.2, 0.25) is 0 Å². The Balaban J connectivity index is 1.46. The van der Waals surface area contributed by atoms with E-state index in [1.165, 1.54) is 0 Å². The lowest BCUT2D eigenvalue weighted by Gasteiger charge is -2.27. The van der Waals surface area contributed by atoms with Gasteiger partial charge in [-0.3, -0.25) is 14.4 Å². The van der Waals surface area contributed by atoms with Gasteiger partial charge in [0.1, 0.15) is 0 Å². The first-order chi connectivity index (χ1) is 18.2. The molecule has 4 heteroatoms. The lowest BCUT2D eigenvalue weighted by Crippen LogP contribution is -2.33. The molecule has 1 aliphatic rings. The average Bonchev–Trinajstić information content (AvgIpc) is 3.16. The molecule has 0 N–H and O–H groups in total. The van der Waals surface area contributed by atoms with E-state index in [0.717, 1.165) is 55.3 Å². The summed E-state index contributed by atoms with van der Waals surface area (Å²) in [5.41, 5.74) is 3.92. The smallest absolute Gasteiger partial charge is 0.258 e. The van der Waals surface area contributed by atoms with Crippen LogP contribution in [-0.4, -0.2) is 24.0 Å². The molecule has 4 atom stereocenters. The van der Waals surface area contributed by atoms with E-state index in [1.54, 1.807) is 6.07 Å². The van der Waals surface area contributed by atoms with Gasteiger partial charge >= 0.3 is 0 Å². The minimum atomic E-state index is -0.340. The average molecular weight is 516 g/mol. The van der Waals surface area contributed by atoms with E-state index in [1.807, 2.05) is 61.2 Å². The Bertz CT molecular complexity index is 1150. The SMILES string of the molecule is C=C1C(=O)N(CC(C)C(C)CCC(CC)CCCC(CC)C(=O)C(=O)c2ccccc2C)c2ccccc21. The number of benzene rings is 2. The summed E-state index contributed by atoms with van der Waals surface area (Å²) < 4.78 is 0. The number of ketones is 2. The van der Waals surface area contributed by atoms with Gasteiger partial charge in [0.25, 0.3) is 5.91 Å². The van der Waals surface area contributed by atoms with Gasteiger partial charge in [-0.05, 0) is 49.1 Å². The molecule has 4 unspecified atom stereocenters. The summed E-state index contributed by atoms with van der Waals surface area (Å²) in [4.78, 5) is 40.5. The zero-order chi connectivity index (χ0) is 27.8. The number of carbonyl (C=O) groups excluding carboxylic acids is 3. The van der Waals surface area contributed by atoms with E-state index in [0.29, 0.717) is 41.9 Å². The summed E-state index contributed by atoms with van der Waals surface area (Å²) in [5.74, 6) is 0.732. The summed E-state index contributed by atoms with van der Waals surface area (Å²) in [6.07, 6.45) is 6.90. The Morgan fingerprint density at radius 2 is 1.55 bits per heavy atom. The molecule has 0 aromatic heterocycles. The van der Waals surface area contributed by atoms with E-state index in [9.17, 15) is 14.4 Å². The minimum absolute atomic E-state index is 0.0256. The molecule has 0 fully saturated rings. The van der Waals surface area contributed by atoms with Crippen molar-refractivity contribution in [3.63, 3.8) is 0 Å². The first kappa shape index (κ1) is 29.5. The molecule has 2 aromatic rings. The summed E-state index contributed by atoms with van der Waals surface area (Å²) in [6.45, 7) is 15.4. The molecule has 1 aliphatic heterocycles. The Hall–Kier alpha value is -3.01. The van der Waals surface area contributed by atoms with Gasteiger partial charge in [0.15, 0.2) is 0 Å². The summed E-state index contributed by atoms with van der Waals surface area (Å²) >= 11 is 0. The first-order valence-corrected chi connectivity index (χ1v) is 14.4. The third-order valence-corrected chi connectivity index (χ3v) is 8.71. The first-order valence-electron chi connectivity index (χ1n) is 14.4. The Kier molecular flexibility index (Phi) is 10.6. The Morgan fingerprint density at radius 1 is 0.868 bits per heavy atom. The fourth-order valence-electron chi connectivity index (χ4n) is 5.66. The number of hydrogen-bond donors (Lipinski definition) is 0. The van der Waals surface area contributed by atoms with Crippen LogP contribution >= 0.6 is 0 Å². The lowest BCUT2D eigenvalue weighted by molar-refractivity contribution is -0.119. The molecule has 4 nitrogen and oxygen atoms in total. The Labute approximate surface area is 229 Å². The van der Waals surface area contributed by atoms with Gasteiger partial charge in [0, 0.05) is 29.2 Å². The van der Waals surface area contributed by atoms with Crippen molar-refractivity contribution in [1.29, 1.82) is 0 Å². The second-order valence-corrected chi connectivity index (χ2v) is 11.3. The molecule has 1 heterocycles. The highest BCUT2D eigenvalue weighted by atomic mass is 16.2. The van der Waals surface area contributed by atoms with Crippen LogP contribution in [0.4, 0.5) is 5.69 Å². The van der Waals surface area contributed by atoms with Crippen molar-refractivity contribution < 1.29 is 14.4 Å². The molecule has 0 bridgehead atoms. The maximum Gasteiger partial charge on any atom is 0.258 e. The van der Waals surface area contributed by atoms with Crippen molar-refractivity contribution in [3.8, 4) is 0 Å². The summed E-state index contributed by atoms with van der Waals surface area (Å²) in [6, 6.07) is 15.3. The van der Waals surface area contributed by atoms with Crippen molar-refractivity contribution >= 4 is 28.7 Å². The number of fused-ring (bicyclic) bond motifs is 1. The van der Waals surface area contributed by atoms with Crippen LogP contribution in [0.5, 0.6) is 0 Å². The second kappa shape index (κ2) is 13.7. The van der Waals surface area contributed by atoms with Crippen molar-refractivity contribution in [2.24, 2.45) is 23.7 Å². The van der Waals surface area contributed by atoms with Crippen LogP contribution in [0.1, 0.15) is 94.1 Å². The Morgan fingerprint density at radius 3 is 2.24 bits per heavy atom. The molecule has 3 rings (SSSR count). The topological polar surface area (TPSA) is 54.5 Å². The molecule has 38 heavy (non-hydrogen) atoms. The highest BCUT2D eigenvalue weighted by Crippen LogP contribution is 2.37. The largest absolute Gasteiger partial charge is 0.307 e. The standard InChI is InChI=1S/C34H45NO3/c1-7-27(15-13-16-28(8-2)32(36)33(37)29-17-10-9-14-24(29)4)21-20-23(3)25(5)22-35-31-19-12-11-18-30(31)26(6)34(35)38/h9-12,14,17-19,23,25,27-28H,6-8,13,15-16,20-22H2,1-5H3. The quantitative estimate of drug-likeness (QED) is 0.137. The maximum absolute atomic E-state index is 12.9. The highest BCUT2D eigenvalue weighted by molar-refractivity contribution is 6.44. The molecule has 204 valence electrons. The lowest BCUT2D eigenvalue weighted by atomic mass is 9.84. The van der Waals surface area contributed by atoms with Crippen molar-refractivity contribution in [2.45, 2.75) is 79.6 Å². The van der Waals surface area contributed by atoms with Crippen LogP contribution in [0, 0.1) is 30.6 Å². The van der Waals surface area contributed by atoms with Crippen molar-refractivity contribution in [1.82, 2.24) is 0 Å². The third kappa shape index (κ3) is 6.89. The van der Waals surface area contributed by atoms with E-state index in [-0.39, 0.29) is 23.4 Å². The van der Waals surface area contributed by atoms with Gasteiger partial charge in [-0.15, -0.1) is 0 Å². The minimum Gasteiger partial charge on any atom is -0.307 e. The number of hydrogen-bond acceptors (Lipinski definition) is 3. The highest BCUT2D eigenvalue weighted by Gasteiger charge is 2.32. The van der Waals surface area contributed by atoms with E-state index in [4.69, 9.17) is 0 Å². The number of nitrogens with zero attached hydrogens (tertiary/aromatic N) is 1. The monoisotopic (exact) mass is 515 g/mol. The van der Waals surface area contributed by atoms with E-state index < -0.39 is 0 Å². The van der Waals surface area contributed by atoms with Crippen molar-refractivity contribution in [2.75, 3.05) is 11.4 Å². The fourth-order valence-corrected chi connectivity index (χ4v) is 5.66. The molecular weight excluding hydrogens is 470 g/mol. The molecule has 0 aliphatic carbocycles. The molecule has 0 radical (unpaired) electrons. The molecule has 2 aromatic carbocycles. The van der Waals surface area contributed by atoms with Gasteiger partial charge in [-0.2, -0.15) is 0 Å². The molecule has 0 spiro atoms. The van der Waals surface area contributed by atoms with E-state index in [2.05, 4.69) is 27.4 Å². The number of anilines is 1. The number of rotatable bonds is 15. The second-order valence-electron chi connectivity index (χ2n) is 11.3. The fraction of sp³-hybridized carbons (Fsp3) is 0.500. The predicted molar refractivity (Wildman–Crippen MR) is 157 cm³/mol. The van der Waals surface area contributed by atoms with Crippen LogP contribution in [-0.2, 0) is 9.59 Å². The van der Waals surface area contributed by atoms with Gasteiger partial charge < -0.3 is 4.90 Å². The van der Waals surface area contributed by atoms with Crippen LogP contribution < -0.4 is 4.90 Å². The maximum atomic E-state index is 12.9. The number of aryl methyl sites for hydroxylation is 1. The van der Waals surface area contributed by atoms with Gasteiger partial charge in [0.05, 0.1) is 5.69 Å². The molecular formula is C34H45NO3. The zero-order valence-electron chi connectivity index (χ0n) is 24.0. The number of Topliss-reactive ketones (excluding diaryl/α,β-unsaturated/α-hetero) is 2. The third-order valence-electron chi connectivity index (χ3n) is 8.71. The zero-order valence-corrected chi connectivity index (χ0v) is 24.0. The molecule has 1 amide bonds. The molecule has 0 saturated carbocycles. The van der Waals surface area contributed by atoms with Gasteiger partial charge in [-0.25, -0.2) is 0 Å². The normalized spacial score (nSPS) is 16.2. The van der Waals surface area contributed by atoms with Crippen LogP contribution in [0.3, 0.4) is 0 Å². The number of carbonyl (C=O) groups is 3. The molecule has 0 saturated heterocycles.